The lowest BCUT2D eigenvalue weighted by Crippen LogP contribution is -2.53. The van der Waals surface area contributed by atoms with Gasteiger partial charge in [-0.1, -0.05) is 6.07 Å². The Balaban J connectivity index is 1.39. The van der Waals surface area contributed by atoms with Gasteiger partial charge >= 0.3 is 0 Å². The molecule has 6 nitrogen and oxygen atoms in total. The van der Waals surface area contributed by atoms with Crippen molar-refractivity contribution in [1.29, 1.82) is 0 Å². The van der Waals surface area contributed by atoms with Crippen molar-refractivity contribution in [2.24, 2.45) is 0 Å². The molecule has 4 rings (SSSR count). The number of halogens is 2. The van der Waals surface area contributed by atoms with Gasteiger partial charge in [-0.3, -0.25) is 9.48 Å². The van der Waals surface area contributed by atoms with Gasteiger partial charge in [0.15, 0.2) is 0 Å². The van der Waals surface area contributed by atoms with Gasteiger partial charge in [0.25, 0.3) is 5.91 Å². The first-order chi connectivity index (χ1) is 12.4. The van der Waals surface area contributed by atoms with Gasteiger partial charge in [-0.05, 0) is 25.1 Å². The fourth-order valence-electron chi connectivity index (χ4n) is 3.34. The Hall–Kier alpha value is -2.48. The number of benzene rings is 1. The third kappa shape index (κ3) is 3.41. The number of nitrogens with zero attached hydrogens (tertiary/aromatic N) is 3. The van der Waals surface area contributed by atoms with Crippen LogP contribution >= 0.6 is 0 Å². The third-order valence-corrected chi connectivity index (χ3v) is 4.53. The Morgan fingerprint density at radius 1 is 1.38 bits per heavy atom. The van der Waals surface area contributed by atoms with E-state index in [4.69, 9.17) is 9.47 Å². The van der Waals surface area contributed by atoms with Crippen LogP contribution in [-0.2, 0) is 17.9 Å². The SMILES string of the molecule is CC1(F)CC(CN2CCn3nc(COc4cccc(F)c4)cc3C2=O)O1. The minimum atomic E-state index is -1.58. The zero-order valence-corrected chi connectivity index (χ0v) is 14.3. The van der Waals surface area contributed by atoms with Crippen LogP contribution in [0.25, 0.3) is 0 Å². The highest BCUT2D eigenvalue weighted by atomic mass is 19.2. The van der Waals surface area contributed by atoms with E-state index in [9.17, 15) is 13.6 Å². The summed E-state index contributed by atoms with van der Waals surface area (Å²) in [7, 11) is 0. The summed E-state index contributed by atoms with van der Waals surface area (Å²) in [5, 5.41) is 4.37. The maximum Gasteiger partial charge on any atom is 0.272 e. The molecule has 138 valence electrons. The molecule has 0 bridgehead atoms. The van der Waals surface area contributed by atoms with E-state index in [0.29, 0.717) is 43.2 Å². The average Bonchev–Trinajstić information content (AvgIpc) is 2.98. The highest BCUT2D eigenvalue weighted by molar-refractivity contribution is 5.93. The van der Waals surface area contributed by atoms with E-state index in [2.05, 4.69) is 5.10 Å². The second-order valence-electron chi connectivity index (χ2n) is 6.79. The summed E-state index contributed by atoms with van der Waals surface area (Å²) in [6, 6.07) is 7.53. The van der Waals surface area contributed by atoms with Gasteiger partial charge in [0.1, 0.15) is 29.6 Å². The van der Waals surface area contributed by atoms with Crippen LogP contribution in [0.4, 0.5) is 8.78 Å². The van der Waals surface area contributed by atoms with Crippen LogP contribution in [-0.4, -0.2) is 45.6 Å². The lowest BCUT2D eigenvalue weighted by molar-refractivity contribution is -0.269. The Morgan fingerprint density at radius 2 is 2.19 bits per heavy atom. The molecule has 1 saturated heterocycles. The summed E-state index contributed by atoms with van der Waals surface area (Å²) < 4.78 is 38.9. The number of hydrogen-bond donors (Lipinski definition) is 0. The zero-order valence-electron chi connectivity index (χ0n) is 14.3. The van der Waals surface area contributed by atoms with Gasteiger partial charge in [-0.2, -0.15) is 5.10 Å². The minimum absolute atomic E-state index is 0.142. The molecule has 1 amide bonds. The number of amides is 1. The van der Waals surface area contributed by atoms with Gasteiger partial charge < -0.3 is 14.4 Å². The van der Waals surface area contributed by atoms with Crippen LogP contribution in [0.1, 0.15) is 29.5 Å². The molecule has 2 unspecified atom stereocenters. The summed E-state index contributed by atoms with van der Waals surface area (Å²) in [6.07, 6.45) is 0.0298. The molecule has 0 spiro atoms. The van der Waals surface area contributed by atoms with E-state index in [0.717, 1.165) is 0 Å². The lowest BCUT2D eigenvalue weighted by Gasteiger charge is -2.42. The average molecular weight is 363 g/mol. The summed E-state index contributed by atoms with van der Waals surface area (Å²) in [6.45, 7) is 2.96. The molecule has 3 heterocycles. The minimum Gasteiger partial charge on any atom is -0.487 e. The maximum atomic E-state index is 13.4. The fraction of sp³-hybridized carbons (Fsp3) is 0.444. The second kappa shape index (κ2) is 6.35. The standard InChI is InChI=1S/C18H19F2N3O3/c1-18(20)9-15(26-18)10-22-5-6-23-16(17(22)24)8-13(21-23)11-25-14-4-2-3-12(19)7-14/h2-4,7-8,15H,5-6,9-11H2,1H3. The van der Waals surface area contributed by atoms with Crippen LogP contribution in [0.3, 0.4) is 0 Å². The highest BCUT2D eigenvalue weighted by Crippen LogP contribution is 2.34. The van der Waals surface area contributed by atoms with Crippen molar-refractivity contribution >= 4 is 5.91 Å². The van der Waals surface area contributed by atoms with Crippen LogP contribution in [0.5, 0.6) is 5.75 Å². The number of hydrogen-bond acceptors (Lipinski definition) is 4. The van der Waals surface area contributed by atoms with Crippen LogP contribution in [0.2, 0.25) is 0 Å². The Kier molecular flexibility index (Phi) is 4.14. The van der Waals surface area contributed by atoms with Gasteiger partial charge in [0.05, 0.1) is 12.6 Å². The molecule has 1 fully saturated rings. The summed E-state index contributed by atoms with van der Waals surface area (Å²) in [4.78, 5) is 14.3. The van der Waals surface area contributed by atoms with Crippen molar-refractivity contribution < 1.29 is 23.0 Å². The topological polar surface area (TPSA) is 56.6 Å². The number of aromatic nitrogens is 2. The molecular weight excluding hydrogens is 344 g/mol. The van der Waals surface area contributed by atoms with Crippen molar-refractivity contribution in [2.45, 2.75) is 38.5 Å². The molecule has 1 aromatic heterocycles. The molecule has 2 aromatic rings. The number of rotatable bonds is 5. The maximum absolute atomic E-state index is 13.4. The fourth-order valence-corrected chi connectivity index (χ4v) is 3.34. The van der Waals surface area contributed by atoms with Crippen molar-refractivity contribution in [3.63, 3.8) is 0 Å². The molecule has 0 N–H and O–H groups in total. The van der Waals surface area contributed by atoms with Crippen molar-refractivity contribution in [3.05, 3.63) is 47.5 Å². The number of alkyl halides is 1. The van der Waals surface area contributed by atoms with Crippen LogP contribution in [0, 0.1) is 5.82 Å². The molecule has 0 radical (unpaired) electrons. The summed E-state index contributed by atoms with van der Waals surface area (Å²) in [5.74, 6) is -1.70. The first-order valence-corrected chi connectivity index (χ1v) is 8.51. The predicted molar refractivity (Wildman–Crippen MR) is 87.9 cm³/mol. The predicted octanol–water partition coefficient (Wildman–Crippen LogP) is 2.53. The van der Waals surface area contributed by atoms with E-state index in [-0.39, 0.29) is 24.4 Å². The molecular formula is C18H19F2N3O3. The van der Waals surface area contributed by atoms with Gasteiger partial charge in [0.2, 0.25) is 5.85 Å². The lowest BCUT2D eigenvalue weighted by atomic mass is 10.0. The second-order valence-corrected chi connectivity index (χ2v) is 6.79. The number of carbonyl (C=O) groups excluding carboxylic acids is 1. The normalized spacial score (nSPS) is 25.0. The van der Waals surface area contributed by atoms with E-state index in [1.807, 2.05) is 0 Å². The van der Waals surface area contributed by atoms with Crippen molar-refractivity contribution in [1.82, 2.24) is 14.7 Å². The Bertz CT molecular complexity index is 829. The highest BCUT2D eigenvalue weighted by Gasteiger charge is 2.43. The molecule has 2 aliphatic rings. The first-order valence-electron chi connectivity index (χ1n) is 8.51. The van der Waals surface area contributed by atoms with E-state index < -0.39 is 5.85 Å². The number of carbonyl (C=O) groups is 1. The van der Waals surface area contributed by atoms with Gasteiger partial charge in [-0.15, -0.1) is 0 Å². The molecule has 0 aliphatic carbocycles. The van der Waals surface area contributed by atoms with Crippen molar-refractivity contribution in [2.75, 3.05) is 13.1 Å². The summed E-state index contributed by atoms with van der Waals surface area (Å²) >= 11 is 0. The van der Waals surface area contributed by atoms with Crippen LogP contribution < -0.4 is 4.74 Å². The first kappa shape index (κ1) is 17.0. The van der Waals surface area contributed by atoms with E-state index in [1.54, 1.807) is 27.8 Å². The quantitative estimate of drug-likeness (QED) is 0.819. The monoisotopic (exact) mass is 363 g/mol. The molecule has 1 aromatic carbocycles. The van der Waals surface area contributed by atoms with Gasteiger partial charge in [-0.25, -0.2) is 8.78 Å². The zero-order chi connectivity index (χ0) is 18.3. The van der Waals surface area contributed by atoms with Crippen LogP contribution in [0.15, 0.2) is 30.3 Å². The smallest absolute Gasteiger partial charge is 0.272 e. The molecule has 2 atom stereocenters. The third-order valence-electron chi connectivity index (χ3n) is 4.53. The largest absolute Gasteiger partial charge is 0.487 e. The van der Waals surface area contributed by atoms with E-state index in [1.165, 1.54) is 19.1 Å². The Morgan fingerprint density at radius 3 is 2.92 bits per heavy atom. The molecule has 26 heavy (non-hydrogen) atoms. The number of ether oxygens (including phenoxy) is 2. The molecule has 0 saturated carbocycles. The molecule has 8 heteroatoms. The molecule has 2 aliphatic heterocycles. The summed E-state index contributed by atoms with van der Waals surface area (Å²) in [5.41, 5.74) is 1.06. The van der Waals surface area contributed by atoms with Gasteiger partial charge in [0, 0.05) is 25.6 Å². The Labute approximate surface area is 149 Å². The van der Waals surface area contributed by atoms with E-state index >= 15 is 0 Å². The number of fused-ring (bicyclic) bond motifs is 1. The van der Waals surface area contributed by atoms with Crippen molar-refractivity contribution in [3.8, 4) is 5.75 Å².